The average Bonchev–Trinajstić information content (AvgIpc) is 2.39. The number of hydrogen-bond donors (Lipinski definition) is 2. The molecule has 0 unspecified atom stereocenters. The third-order valence-electron chi connectivity index (χ3n) is 2.40. The molecule has 1 aromatic rings. The molecule has 0 fully saturated rings. The van der Waals surface area contributed by atoms with Crippen molar-refractivity contribution in [1.29, 1.82) is 5.26 Å². The molecule has 0 saturated carbocycles. The fourth-order valence-corrected chi connectivity index (χ4v) is 1.53. The Morgan fingerprint density at radius 3 is 2.43 bits per heavy atom. The maximum Gasteiger partial charge on any atom is 0.263 e. The number of hydrogen-bond acceptors (Lipinski definition) is 4. The van der Waals surface area contributed by atoms with Crippen LogP contribution in [0.5, 0.6) is 5.75 Å². The molecule has 5 nitrogen and oxygen atoms in total. The minimum atomic E-state index is -0.400. The summed E-state index contributed by atoms with van der Waals surface area (Å²) in [5.74, 6) is 0.376. The summed E-state index contributed by atoms with van der Waals surface area (Å²) in [7, 11) is 0. The van der Waals surface area contributed by atoms with E-state index in [0.29, 0.717) is 6.61 Å². The molecule has 0 radical (unpaired) electrons. The lowest BCUT2D eigenvalue weighted by atomic mass is 10.1. The lowest BCUT2D eigenvalue weighted by Gasteiger charge is -2.20. The van der Waals surface area contributed by atoms with Gasteiger partial charge < -0.3 is 15.4 Å². The number of benzene rings is 1. The molecule has 0 aliphatic rings. The fraction of sp³-hybridized carbons (Fsp3) is 0.375. The van der Waals surface area contributed by atoms with Crippen LogP contribution in [0.15, 0.2) is 36.0 Å². The molecule has 0 saturated heterocycles. The van der Waals surface area contributed by atoms with Gasteiger partial charge in [0.1, 0.15) is 17.4 Å². The molecule has 0 bridgehead atoms. The molecule has 0 spiro atoms. The van der Waals surface area contributed by atoms with Gasteiger partial charge in [-0.05, 0) is 52.0 Å². The summed E-state index contributed by atoms with van der Waals surface area (Å²) in [6.45, 7) is 8.11. The van der Waals surface area contributed by atoms with Crippen molar-refractivity contribution >= 4 is 11.6 Å². The van der Waals surface area contributed by atoms with Gasteiger partial charge in [-0.25, -0.2) is 0 Å². The average molecular weight is 287 g/mol. The Balaban J connectivity index is 2.72. The van der Waals surface area contributed by atoms with Gasteiger partial charge in [0.05, 0.1) is 6.61 Å². The van der Waals surface area contributed by atoms with Crippen LogP contribution in [0.3, 0.4) is 0 Å². The highest BCUT2D eigenvalue weighted by Gasteiger charge is 2.16. The molecule has 112 valence electrons. The van der Waals surface area contributed by atoms with Gasteiger partial charge >= 0.3 is 0 Å². The van der Waals surface area contributed by atoms with E-state index in [1.165, 1.54) is 6.20 Å². The standard InChI is InChI=1S/C16H21N3O2/c1-5-21-14-8-6-13(7-9-14)18-11-12(10-17)15(20)19-16(2,3)4/h6-9,11,18H,5H2,1-4H3,(H,19,20)/b12-11-. The van der Waals surface area contributed by atoms with E-state index in [-0.39, 0.29) is 11.1 Å². The van der Waals surface area contributed by atoms with Crippen LogP contribution in [0.25, 0.3) is 0 Å². The Kier molecular flexibility index (Phi) is 5.79. The molecule has 0 atom stereocenters. The normalized spacial score (nSPS) is 11.5. The first-order valence-corrected chi connectivity index (χ1v) is 6.78. The number of nitriles is 1. The predicted molar refractivity (Wildman–Crippen MR) is 82.8 cm³/mol. The summed E-state index contributed by atoms with van der Waals surface area (Å²) in [5.41, 5.74) is 0.417. The molecule has 1 amide bonds. The second kappa shape index (κ2) is 7.34. The molecule has 0 aliphatic carbocycles. The van der Waals surface area contributed by atoms with Gasteiger partial charge in [-0.2, -0.15) is 5.26 Å². The van der Waals surface area contributed by atoms with E-state index in [1.807, 2.05) is 58.0 Å². The molecule has 0 aliphatic heterocycles. The Morgan fingerprint density at radius 1 is 1.33 bits per heavy atom. The lowest BCUT2D eigenvalue weighted by molar-refractivity contribution is -0.118. The van der Waals surface area contributed by atoms with Crippen LogP contribution in [0.1, 0.15) is 27.7 Å². The zero-order valence-corrected chi connectivity index (χ0v) is 12.9. The van der Waals surface area contributed by atoms with E-state index in [9.17, 15) is 4.79 Å². The summed E-state index contributed by atoms with van der Waals surface area (Å²) in [6.07, 6.45) is 1.40. The largest absolute Gasteiger partial charge is 0.494 e. The summed E-state index contributed by atoms with van der Waals surface area (Å²) in [5, 5.41) is 14.7. The predicted octanol–water partition coefficient (Wildman–Crippen LogP) is 2.82. The van der Waals surface area contributed by atoms with Crippen molar-refractivity contribution in [2.45, 2.75) is 33.2 Å². The van der Waals surface area contributed by atoms with Crippen LogP contribution in [0.2, 0.25) is 0 Å². The zero-order valence-electron chi connectivity index (χ0n) is 12.9. The van der Waals surface area contributed by atoms with E-state index >= 15 is 0 Å². The van der Waals surface area contributed by atoms with Crippen molar-refractivity contribution in [3.8, 4) is 11.8 Å². The molecule has 1 aromatic carbocycles. The first-order chi connectivity index (χ1) is 9.85. The van der Waals surface area contributed by atoms with Crippen LogP contribution in [-0.4, -0.2) is 18.1 Å². The van der Waals surface area contributed by atoms with E-state index in [1.54, 1.807) is 0 Å². The van der Waals surface area contributed by atoms with Gasteiger partial charge in [0.25, 0.3) is 5.91 Å². The van der Waals surface area contributed by atoms with Gasteiger partial charge in [0.15, 0.2) is 0 Å². The van der Waals surface area contributed by atoms with Crippen LogP contribution < -0.4 is 15.4 Å². The quantitative estimate of drug-likeness (QED) is 0.645. The van der Waals surface area contributed by atoms with Crippen LogP contribution in [0, 0.1) is 11.3 Å². The molecule has 0 heterocycles. The van der Waals surface area contributed by atoms with Crippen molar-refractivity contribution in [2.24, 2.45) is 0 Å². The smallest absolute Gasteiger partial charge is 0.263 e. The maximum absolute atomic E-state index is 11.9. The fourth-order valence-electron chi connectivity index (χ4n) is 1.53. The summed E-state index contributed by atoms with van der Waals surface area (Å²) in [6, 6.07) is 9.16. The number of ether oxygens (including phenoxy) is 1. The molecular formula is C16H21N3O2. The third kappa shape index (κ3) is 6.00. The van der Waals surface area contributed by atoms with Gasteiger partial charge in [0, 0.05) is 17.4 Å². The van der Waals surface area contributed by atoms with Crippen molar-refractivity contribution in [2.75, 3.05) is 11.9 Å². The molecule has 1 rings (SSSR count). The zero-order chi connectivity index (χ0) is 15.9. The van der Waals surface area contributed by atoms with Gasteiger partial charge in [-0.3, -0.25) is 4.79 Å². The number of amides is 1. The highest BCUT2D eigenvalue weighted by Crippen LogP contribution is 2.15. The Labute approximate surface area is 125 Å². The van der Waals surface area contributed by atoms with Gasteiger partial charge in [-0.1, -0.05) is 0 Å². The second-order valence-corrected chi connectivity index (χ2v) is 5.48. The van der Waals surface area contributed by atoms with E-state index in [4.69, 9.17) is 10.00 Å². The van der Waals surface area contributed by atoms with Gasteiger partial charge in [0.2, 0.25) is 0 Å². The summed E-state index contributed by atoms with van der Waals surface area (Å²) in [4.78, 5) is 11.9. The van der Waals surface area contributed by atoms with Crippen molar-refractivity contribution in [3.05, 3.63) is 36.0 Å². The Morgan fingerprint density at radius 2 is 1.95 bits per heavy atom. The molecule has 2 N–H and O–H groups in total. The Bertz CT molecular complexity index is 548. The SMILES string of the molecule is CCOc1ccc(N/C=C(/C#N)C(=O)NC(C)(C)C)cc1. The molecule has 21 heavy (non-hydrogen) atoms. The summed E-state index contributed by atoms with van der Waals surface area (Å²) >= 11 is 0. The van der Waals surface area contributed by atoms with E-state index < -0.39 is 5.91 Å². The molecular weight excluding hydrogens is 266 g/mol. The number of anilines is 1. The third-order valence-corrected chi connectivity index (χ3v) is 2.40. The van der Waals surface area contributed by atoms with E-state index in [2.05, 4.69) is 10.6 Å². The number of carbonyl (C=O) groups is 1. The highest BCUT2D eigenvalue weighted by atomic mass is 16.5. The monoisotopic (exact) mass is 287 g/mol. The topological polar surface area (TPSA) is 74.1 Å². The maximum atomic E-state index is 11.9. The van der Waals surface area contributed by atoms with Crippen molar-refractivity contribution in [1.82, 2.24) is 5.32 Å². The first-order valence-electron chi connectivity index (χ1n) is 6.78. The second-order valence-electron chi connectivity index (χ2n) is 5.48. The first kappa shape index (κ1) is 16.6. The molecule has 5 heteroatoms. The number of rotatable bonds is 5. The van der Waals surface area contributed by atoms with Gasteiger partial charge in [-0.15, -0.1) is 0 Å². The van der Waals surface area contributed by atoms with Crippen LogP contribution in [0.4, 0.5) is 5.69 Å². The van der Waals surface area contributed by atoms with Crippen molar-refractivity contribution in [3.63, 3.8) is 0 Å². The lowest BCUT2D eigenvalue weighted by Crippen LogP contribution is -2.41. The highest BCUT2D eigenvalue weighted by molar-refractivity contribution is 5.97. The molecule has 0 aromatic heterocycles. The minimum Gasteiger partial charge on any atom is -0.494 e. The number of nitrogens with one attached hydrogen (secondary N) is 2. The number of carbonyl (C=O) groups excluding carboxylic acids is 1. The summed E-state index contributed by atoms with van der Waals surface area (Å²) < 4.78 is 5.34. The number of nitrogens with zero attached hydrogens (tertiary/aromatic N) is 1. The Hall–Kier alpha value is -2.48. The minimum absolute atomic E-state index is 0.0267. The van der Waals surface area contributed by atoms with Crippen molar-refractivity contribution < 1.29 is 9.53 Å². The van der Waals surface area contributed by atoms with Crippen LogP contribution in [-0.2, 0) is 4.79 Å². The van der Waals surface area contributed by atoms with Crippen LogP contribution >= 0.6 is 0 Å². The van der Waals surface area contributed by atoms with E-state index in [0.717, 1.165) is 11.4 Å².